The summed E-state index contributed by atoms with van der Waals surface area (Å²) in [5, 5.41) is 37.8. The number of carboxylic acids is 1. The van der Waals surface area contributed by atoms with Crippen LogP contribution in [0.1, 0.15) is 54.6 Å². The highest BCUT2D eigenvalue weighted by molar-refractivity contribution is 5.66. The first-order chi connectivity index (χ1) is 12.8. The molecule has 0 aliphatic heterocycles. The number of allylic oxidation sites excluding steroid dienone is 6. The van der Waals surface area contributed by atoms with Gasteiger partial charge in [-0.05, 0) is 19.3 Å². The Labute approximate surface area is 153 Å². The monoisotopic (exact) mass is 354 g/mol. The molecule has 25 heavy (non-hydrogen) atoms. The summed E-state index contributed by atoms with van der Waals surface area (Å²) < 4.78 is 15.5. The van der Waals surface area contributed by atoms with Crippen molar-refractivity contribution in [3.8, 4) is 0 Å². The molecule has 0 amide bonds. The minimum Gasteiger partial charge on any atom is -0.481 e. The second-order valence-corrected chi connectivity index (χ2v) is 5.80. The van der Waals surface area contributed by atoms with Crippen LogP contribution in [0.25, 0.3) is 0 Å². The van der Waals surface area contributed by atoms with Crippen LogP contribution in [0.15, 0.2) is 48.6 Å². The van der Waals surface area contributed by atoms with E-state index in [0.717, 1.165) is 19.3 Å². The van der Waals surface area contributed by atoms with Gasteiger partial charge in [0.25, 0.3) is 0 Å². The van der Waals surface area contributed by atoms with Gasteiger partial charge in [0.1, 0.15) is 0 Å². The Balaban J connectivity index is 4.42. The van der Waals surface area contributed by atoms with E-state index in [2.05, 4.69) is 6.92 Å². The second-order valence-electron chi connectivity index (χ2n) is 5.80. The predicted octanol–water partition coefficient (Wildman–Crippen LogP) is 3.13. The SMILES string of the molecule is [2H]C(/C=C/C=C/[C@@H](O)[C@@H](O)CCCCC)=C([2H])/C=C/[C@@H](O)CCCC(=O)O. The molecular weight excluding hydrogens is 320 g/mol. The second kappa shape index (κ2) is 15.8. The van der Waals surface area contributed by atoms with Crippen molar-refractivity contribution in [2.24, 2.45) is 0 Å². The Morgan fingerprint density at radius 3 is 2.36 bits per heavy atom. The van der Waals surface area contributed by atoms with Gasteiger partial charge in [0.15, 0.2) is 0 Å². The van der Waals surface area contributed by atoms with Crippen molar-refractivity contribution in [2.45, 2.75) is 70.2 Å². The van der Waals surface area contributed by atoms with Gasteiger partial charge in [0.2, 0.25) is 0 Å². The zero-order valence-electron chi connectivity index (χ0n) is 16.8. The van der Waals surface area contributed by atoms with E-state index in [9.17, 15) is 20.1 Å². The fourth-order valence-electron chi connectivity index (χ4n) is 2.00. The van der Waals surface area contributed by atoms with Crippen LogP contribution in [0, 0.1) is 0 Å². The van der Waals surface area contributed by atoms with Crippen LogP contribution in [0.4, 0.5) is 0 Å². The van der Waals surface area contributed by atoms with E-state index in [1.807, 2.05) is 0 Å². The van der Waals surface area contributed by atoms with Crippen LogP contribution >= 0.6 is 0 Å². The molecule has 0 aromatic rings. The highest BCUT2D eigenvalue weighted by Gasteiger charge is 2.11. The fraction of sp³-hybridized carbons (Fsp3) is 0.550. The molecule has 4 N–H and O–H groups in total. The third-order valence-electron chi connectivity index (χ3n) is 3.47. The molecular formula is C20H32O5. The molecule has 0 bridgehead atoms. The maximum atomic E-state index is 10.4. The van der Waals surface area contributed by atoms with Gasteiger partial charge in [0, 0.05) is 6.42 Å². The fourth-order valence-corrected chi connectivity index (χ4v) is 2.00. The lowest BCUT2D eigenvalue weighted by molar-refractivity contribution is -0.137. The standard InChI is InChI=1S/C20H32O5/c1-2-3-8-14-18(22)19(23)15-10-7-5-4-6-9-12-17(21)13-11-16-20(24)25/h4-7,9-10,12,15,17-19,21-23H,2-3,8,11,13-14,16H2,1H3,(H,24,25)/b6-4-,7-5+,12-9+,15-10+/t17-,18+,19-/m1/s1/i4D,6D. The normalized spacial score (nSPS) is 18.2. The summed E-state index contributed by atoms with van der Waals surface area (Å²) in [5.41, 5.74) is 0. The molecule has 0 aliphatic rings. The molecule has 0 heterocycles. The van der Waals surface area contributed by atoms with Gasteiger partial charge in [-0.1, -0.05) is 74.7 Å². The van der Waals surface area contributed by atoms with Crippen LogP contribution in [0.5, 0.6) is 0 Å². The Hall–Kier alpha value is -1.69. The number of aliphatic hydroxyl groups is 3. The van der Waals surface area contributed by atoms with Gasteiger partial charge in [-0.2, -0.15) is 0 Å². The molecule has 0 radical (unpaired) electrons. The highest BCUT2D eigenvalue weighted by Crippen LogP contribution is 2.07. The molecule has 0 aliphatic carbocycles. The summed E-state index contributed by atoms with van der Waals surface area (Å²) in [4.78, 5) is 10.4. The van der Waals surface area contributed by atoms with Gasteiger partial charge < -0.3 is 20.4 Å². The number of carbonyl (C=O) groups is 1. The summed E-state index contributed by atoms with van der Waals surface area (Å²) >= 11 is 0. The van der Waals surface area contributed by atoms with Crippen molar-refractivity contribution in [3.63, 3.8) is 0 Å². The zero-order valence-corrected chi connectivity index (χ0v) is 14.8. The lowest BCUT2D eigenvalue weighted by Gasteiger charge is -2.13. The Kier molecular flexibility index (Phi) is 12.4. The first-order valence-corrected chi connectivity index (χ1v) is 8.74. The minimum absolute atomic E-state index is 0.0214. The van der Waals surface area contributed by atoms with Crippen molar-refractivity contribution in [1.82, 2.24) is 0 Å². The molecule has 0 aromatic heterocycles. The zero-order chi connectivity index (χ0) is 20.7. The summed E-state index contributed by atoms with van der Waals surface area (Å²) in [6.07, 6.45) is 9.87. The summed E-state index contributed by atoms with van der Waals surface area (Å²) in [5.74, 6) is -0.919. The molecule has 5 nitrogen and oxygen atoms in total. The van der Waals surface area contributed by atoms with Crippen LogP contribution in [0.3, 0.4) is 0 Å². The number of carboxylic acid groups (broad SMARTS) is 1. The van der Waals surface area contributed by atoms with Gasteiger partial charge in [0.05, 0.1) is 21.1 Å². The summed E-state index contributed by atoms with van der Waals surface area (Å²) in [7, 11) is 0. The van der Waals surface area contributed by atoms with E-state index in [1.165, 1.54) is 36.5 Å². The molecule has 0 rings (SSSR count). The van der Waals surface area contributed by atoms with Gasteiger partial charge >= 0.3 is 5.97 Å². The number of aliphatic hydroxyl groups excluding tert-OH is 3. The molecule has 142 valence electrons. The quantitative estimate of drug-likeness (QED) is 0.284. The molecule has 0 saturated heterocycles. The lowest BCUT2D eigenvalue weighted by Crippen LogP contribution is -2.23. The maximum Gasteiger partial charge on any atom is 0.303 e. The van der Waals surface area contributed by atoms with Crippen LogP contribution in [-0.2, 0) is 4.79 Å². The molecule has 0 unspecified atom stereocenters. The average molecular weight is 354 g/mol. The van der Waals surface area contributed by atoms with E-state index < -0.39 is 24.3 Å². The first kappa shape index (κ1) is 19.6. The first-order valence-electron chi connectivity index (χ1n) is 9.74. The Morgan fingerprint density at radius 2 is 1.68 bits per heavy atom. The highest BCUT2D eigenvalue weighted by atomic mass is 16.4. The van der Waals surface area contributed by atoms with E-state index in [-0.39, 0.29) is 24.9 Å². The number of aliphatic carboxylic acids is 1. The van der Waals surface area contributed by atoms with E-state index in [4.69, 9.17) is 7.85 Å². The van der Waals surface area contributed by atoms with Crippen molar-refractivity contribution in [2.75, 3.05) is 0 Å². The molecule has 0 spiro atoms. The summed E-state index contributed by atoms with van der Waals surface area (Å²) in [6.45, 7) is 2.06. The van der Waals surface area contributed by atoms with Crippen LogP contribution in [-0.4, -0.2) is 44.7 Å². The van der Waals surface area contributed by atoms with Crippen molar-refractivity contribution < 1.29 is 28.0 Å². The number of hydrogen-bond donors (Lipinski definition) is 4. The predicted molar refractivity (Wildman–Crippen MR) is 100 cm³/mol. The molecule has 0 aromatic carbocycles. The topological polar surface area (TPSA) is 98.0 Å². The third kappa shape index (κ3) is 15.6. The molecule has 5 heteroatoms. The largest absolute Gasteiger partial charge is 0.481 e. The lowest BCUT2D eigenvalue weighted by atomic mass is 10.1. The van der Waals surface area contributed by atoms with Crippen molar-refractivity contribution in [1.29, 1.82) is 0 Å². The maximum absolute atomic E-state index is 10.4. The summed E-state index contributed by atoms with van der Waals surface area (Å²) in [6, 6.07) is -0.177. The molecule has 0 fully saturated rings. The Bertz CT molecular complexity index is 540. The Morgan fingerprint density at radius 1 is 0.960 bits per heavy atom. The van der Waals surface area contributed by atoms with E-state index in [1.54, 1.807) is 0 Å². The van der Waals surface area contributed by atoms with E-state index in [0.29, 0.717) is 12.8 Å². The van der Waals surface area contributed by atoms with Gasteiger partial charge in [-0.15, -0.1) is 0 Å². The van der Waals surface area contributed by atoms with E-state index >= 15 is 0 Å². The third-order valence-corrected chi connectivity index (χ3v) is 3.47. The van der Waals surface area contributed by atoms with Gasteiger partial charge in [-0.3, -0.25) is 4.79 Å². The number of rotatable bonds is 14. The molecule has 3 atom stereocenters. The average Bonchev–Trinajstić information content (AvgIpc) is 2.62. The van der Waals surface area contributed by atoms with Crippen molar-refractivity contribution >= 4 is 5.97 Å². The van der Waals surface area contributed by atoms with Gasteiger partial charge in [-0.25, -0.2) is 0 Å². The number of unbranched alkanes of at least 4 members (excludes halogenated alkanes) is 2. The molecule has 0 saturated carbocycles. The van der Waals surface area contributed by atoms with Crippen LogP contribution in [0.2, 0.25) is 0 Å². The van der Waals surface area contributed by atoms with Crippen molar-refractivity contribution in [3.05, 3.63) is 48.6 Å². The smallest absolute Gasteiger partial charge is 0.303 e. The van der Waals surface area contributed by atoms with Crippen LogP contribution < -0.4 is 0 Å². The minimum atomic E-state index is -0.971. The number of hydrogen-bond acceptors (Lipinski definition) is 4.